The van der Waals surface area contributed by atoms with Crippen molar-refractivity contribution in [1.29, 1.82) is 0 Å². The molecule has 1 aromatic rings. The fraction of sp³-hybridized carbons (Fsp3) is 0.375. The van der Waals surface area contributed by atoms with Gasteiger partial charge in [0.15, 0.2) is 5.03 Å². The zero-order chi connectivity index (χ0) is 15.0. The minimum Gasteiger partial charge on any atom is -0.326 e. The van der Waals surface area contributed by atoms with Gasteiger partial charge in [-0.05, 0) is 6.07 Å². The van der Waals surface area contributed by atoms with Gasteiger partial charge in [-0.25, -0.2) is 27.3 Å². The highest BCUT2D eigenvalue weighted by atomic mass is 32.2. The van der Waals surface area contributed by atoms with Gasteiger partial charge >= 0.3 is 6.18 Å². The zero-order valence-electron chi connectivity index (χ0n) is 9.08. The van der Waals surface area contributed by atoms with Crippen molar-refractivity contribution < 1.29 is 30.4 Å². The molecule has 0 aliphatic rings. The van der Waals surface area contributed by atoms with Crippen molar-refractivity contribution in [1.82, 2.24) is 4.98 Å². The Morgan fingerprint density at radius 1 is 1.32 bits per heavy atom. The van der Waals surface area contributed by atoms with Gasteiger partial charge in [0.1, 0.15) is 5.69 Å². The predicted molar refractivity (Wildman–Crippen MR) is 53.5 cm³/mol. The molecule has 0 aliphatic carbocycles. The first kappa shape index (κ1) is 15.7. The average Bonchev–Trinajstić information content (AvgIpc) is 2.24. The molecule has 0 saturated carbocycles. The van der Waals surface area contributed by atoms with E-state index >= 15 is 0 Å². The summed E-state index contributed by atoms with van der Waals surface area (Å²) in [5.41, 5.74) is 1.05. The van der Waals surface area contributed by atoms with Gasteiger partial charge in [0.25, 0.3) is 16.4 Å². The maximum Gasteiger partial charge on any atom is 0.418 e. The highest BCUT2D eigenvalue weighted by molar-refractivity contribution is 7.89. The van der Waals surface area contributed by atoms with E-state index in [4.69, 9.17) is 5.73 Å². The lowest BCUT2D eigenvalue weighted by molar-refractivity contribution is -0.140. The molecule has 1 rings (SSSR count). The summed E-state index contributed by atoms with van der Waals surface area (Å²) in [6.45, 7) is -0.647. The second kappa shape index (κ2) is 4.98. The fourth-order valence-corrected chi connectivity index (χ4v) is 2.07. The number of sulfonamides is 1. The largest absolute Gasteiger partial charge is 0.418 e. The van der Waals surface area contributed by atoms with Crippen LogP contribution in [-0.4, -0.2) is 13.4 Å². The van der Waals surface area contributed by atoms with Crippen LogP contribution < -0.4 is 10.9 Å². The summed E-state index contributed by atoms with van der Waals surface area (Å²) in [7, 11) is -4.56. The Morgan fingerprint density at radius 3 is 2.16 bits per heavy atom. The quantitative estimate of drug-likeness (QED) is 0.818. The van der Waals surface area contributed by atoms with Crippen molar-refractivity contribution in [2.45, 2.75) is 24.2 Å². The minimum atomic E-state index is -5.11. The molecule has 0 radical (unpaired) electrons. The average molecular weight is 305 g/mol. The van der Waals surface area contributed by atoms with Crippen molar-refractivity contribution in [3.8, 4) is 0 Å². The Balaban J connectivity index is 3.71. The molecule has 11 heteroatoms. The third-order valence-corrected chi connectivity index (χ3v) is 2.99. The maximum atomic E-state index is 12.6. The number of pyridine rings is 1. The lowest BCUT2D eigenvalue weighted by Crippen LogP contribution is -2.22. The fourth-order valence-electron chi connectivity index (χ4n) is 1.34. The number of nitrogens with two attached hydrogens (primary N) is 2. The van der Waals surface area contributed by atoms with E-state index in [1.54, 1.807) is 0 Å². The Labute approximate surface area is 104 Å². The number of hydrogen-bond donors (Lipinski definition) is 2. The van der Waals surface area contributed by atoms with Gasteiger partial charge in [-0.15, -0.1) is 0 Å². The van der Waals surface area contributed by atoms with Crippen LogP contribution in [0.25, 0.3) is 0 Å². The molecular weight excluding hydrogens is 297 g/mol. The van der Waals surface area contributed by atoms with E-state index in [-0.39, 0.29) is 6.07 Å². The third kappa shape index (κ3) is 3.36. The number of nitrogens with zero attached hydrogens (tertiary/aromatic N) is 1. The lowest BCUT2D eigenvalue weighted by atomic mass is 10.1. The number of hydrogen-bond acceptors (Lipinski definition) is 4. The maximum absolute atomic E-state index is 12.6. The van der Waals surface area contributed by atoms with Gasteiger partial charge in [0.2, 0.25) is 0 Å². The van der Waals surface area contributed by atoms with Gasteiger partial charge in [0, 0.05) is 12.1 Å². The molecule has 0 atom stereocenters. The molecule has 108 valence electrons. The van der Waals surface area contributed by atoms with Crippen molar-refractivity contribution in [3.63, 3.8) is 0 Å². The van der Waals surface area contributed by atoms with Crippen molar-refractivity contribution >= 4 is 10.0 Å². The summed E-state index contributed by atoms with van der Waals surface area (Å²) < 4.78 is 84.9. The number of rotatable bonds is 3. The second-order valence-corrected chi connectivity index (χ2v) is 4.91. The topological polar surface area (TPSA) is 99.1 Å². The number of halogens is 5. The summed E-state index contributed by atoms with van der Waals surface area (Å²) in [5.74, 6) is 0. The molecule has 1 aromatic heterocycles. The first-order chi connectivity index (χ1) is 8.48. The molecular formula is C8H8F5N3O2S. The van der Waals surface area contributed by atoms with Crippen LogP contribution in [0.1, 0.15) is 23.2 Å². The number of alkyl halides is 5. The van der Waals surface area contributed by atoms with Crippen LogP contribution in [-0.2, 0) is 22.7 Å². The molecule has 1 heterocycles. The Morgan fingerprint density at radius 2 is 1.84 bits per heavy atom. The van der Waals surface area contributed by atoms with E-state index in [0.717, 1.165) is 0 Å². The Kier molecular flexibility index (Phi) is 4.12. The minimum absolute atomic E-state index is 0.217. The zero-order valence-corrected chi connectivity index (χ0v) is 9.89. The van der Waals surface area contributed by atoms with Crippen LogP contribution in [0.15, 0.2) is 11.1 Å². The molecule has 0 unspecified atom stereocenters. The standard InChI is InChI=1S/C8H8F5N3O2S/c9-6(10)5-4(8(11,12)13)1-3(2-14)7(16-5)19(15,17)18/h1,6H,2,14H2,(H2,15,17,18). The molecule has 0 bridgehead atoms. The Hall–Kier alpha value is -1.33. The molecule has 0 spiro atoms. The highest BCUT2D eigenvalue weighted by Gasteiger charge is 2.38. The molecule has 0 fully saturated rings. The molecule has 5 nitrogen and oxygen atoms in total. The number of aromatic nitrogens is 1. The monoisotopic (exact) mass is 305 g/mol. The second-order valence-electron chi connectivity index (χ2n) is 3.43. The summed E-state index contributed by atoms with van der Waals surface area (Å²) in [6.07, 6.45) is -8.72. The summed E-state index contributed by atoms with van der Waals surface area (Å²) >= 11 is 0. The van der Waals surface area contributed by atoms with Crippen LogP contribution in [0.4, 0.5) is 22.0 Å². The summed E-state index contributed by atoms with van der Waals surface area (Å²) in [6, 6.07) is 0.217. The van der Waals surface area contributed by atoms with E-state index in [9.17, 15) is 30.4 Å². The normalized spacial score (nSPS) is 13.1. The summed E-state index contributed by atoms with van der Waals surface area (Å²) in [4.78, 5) is 2.82. The van der Waals surface area contributed by atoms with Gasteiger partial charge in [0.05, 0.1) is 5.56 Å². The van der Waals surface area contributed by atoms with Crippen LogP contribution in [0, 0.1) is 0 Å². The molecule has 0 aromatic carbocycles. The van der Waals surface area contributed by atoms with E-state index in [0.29, 0.717) is 0 Å². The smallest absolute Gasteiger partial charge is 0.326 e. The lowest BCUT2D eigenvalue weighted by Gasteiger charge is -2.15. The SMILES string of the molecule is NCc1cc(C(F)(F)F)c(C(F)F)nc1S(N)(=O)=O. The summed E-state index contributed by atoms with van der Waals surface area (Å²) in [5, 5.41) is 3.60. The van der Waals surface area contributed by atoms with E-state index < -0.39 is 51.0 Å². The third-order valence-electron chi connectivity index (χ3n) is 2.09. The van der Waals surface area contributed by atoms with E-state index in [1.165, 1.54) is 0 Å². The van der Waals surface area contributed by atoms with Gasteiger partial charge in [-0.3, -0.25) is 0 Å². The molecule has 0 amide bonds. The molecule has 19 heavy (non-hydrogen) atoms. The van der Waals surface area contributed by atoms with Crippen LogP contribution in [0.2, 0.25) is 0 Å². The van der Waals surface area contributed by atoms with Crippen LogP contribution in [0.5, 0.6) is 0 Å². The molecule has 0 saturated heterocycles. The Bertz CT molecular complexity index is 585. The van der Waals surface area contributed by atoms with Gasteiger partial charge in [-0.2, -0.15) is 13.2 Å². The first-order valence-corrected chi connectivity index (χ1v) is 6.15. The predicted octanol–water partition coefficient (Wildman–Crippen LogP) is 1.14. The van der Waals surface area contributed by atoms with Crippen molar-refractivity contribution in [2.24, 2.45) is 10.9 Å². The van der Waals surface area contributed by atoms with E-state index in [2.05, 4.69) is 10.1 Å². The first-order valence-electron chi connectivity index (χ1n) is 4.60. The van der Waals surface area contributed by atoms with Gasteiger partial charge in [-0.1, -0.05) is 0 Å². The van der Waals surface area contributed by atoms with Crippen LogP contribution in [0.3, 0.4) is 0 Å². The van der Waals surface area contributed by atoms with Crippen molar-refractivity contribution in [3.05, 3.63) is 22.9 Å². The van der Waals surface area contributed by atoms with Crippen molar-refractivity contribution in [2.75, 3.05) is 0 Å². The highest BCUT2D eigenvalue weighted by Crippen LogP contribution is 2.36. The number of primary sulfonamides is 1. The van der Waals surface area contributed by atoms with Crippen LogP contribution >= 0.6 is 0 Å². The molecule has 0 aliphatic heterocycles. The van der Waals surface area contributed by atoms with E-state index in [1.807, 2.05) is 0 Å². The molecule has 4 N–H and O–H groups in total. The van der Waals surface area contributed by atoms with Gasteiger partial charge < -0.3 is 5.73 Å².